The molecule has 0 heterocycles. The van der Waals surface area contributed by atoms with E-state index in [2.05, 4.69) is 0 Å². The van der Waals surface area contributed by atoms with Gasteiger partial charge in [-0.3, -0.25) is 0 Å². The number of halogens is 1. The number of carbonyl (C=O) groups excluding carboxylic acids is 1. The van der Waals surface area contributed by atoms with Gasteiger partial charge in [0.1, 0.15) is 6.61 Å². The first kappa shape index (κ1) is 27.0. The van der Waals surface area contributed by atoms with Gasteiger partial charge in [0.25, 0.3) is 0 Å². The van der Waals surface area contributed by atoms with Crippen LogP contribution in [0.25, 0.3) is 0 Å². The average molecular weight is 488 g/mol. The highest BCUT2D eigenvalue weighted by Gasteiger charge is 2.42. The molecule has 2 N–H and O–H groups in total. The van der Waals surface area contributed by atoms with E-state index in [4.69, 9.17) is 31.5 Å². The van der Waals surface area contributed by atoms with Gasteiger partial charge in [-0.2, -0.15) is 9.90 Å². The third kappa shape index (κ3) is 6.86. The van der Waals surface area contributed by atoms with Crippen molar-refractivity contribution in [3.8, 4) is 0 Å². The fourth-order valence-electron chi connectivity index (χ4n) is 3.52. The molecule has 2 unspecified atom stereocenters. The van der Waals surface area contributed by atoms with Crippen LogP contribution in [0.3, 0.4) is 0 Å². The summed E-state index contributed by atoms with van der Waals surface area (Å²) < 4.78 is 17.0. The standard InChI is InChI=1S/C26H28ClNO4.H3P/c1-20-11-13-22(14-12-20)26(21-7-3-2-4-8-21,23-9-5-6-10-24(23)27)32-25(29)19-31-18-17-30-16-15-28;/h2-14H,15-19,28H2,1H3;1H3. The third-order valence-electron chi connectivity index (χ3n) is 5.01. The van der Waals surface area contributed by atoms with Crippen LogP contribution >= 0.6 is 21.5 Å². The lowest BCUT2D eigenvalue weighted by atomic mass is 9.79. The van der Waals surface area contributed by atoms with Gasteiger partial charge in [0, 0.05) is 28.3 Å². The van der Waals surface area contributed by atoms with Crippen molar-refractivity contribution in [1.82, 2.24) is 0 Å². The molecule has 0 spiro atoms. The van der Waals surface area contributed by atoms with Gasteiger partial charge in [-0.25, -0.2) is 4.79 Å². The molecule has 2 atom stereocenters. The van der Waals surface area contributed by atoms with Crippen molar-refractivity contribution in [3.63, 3.8) is 0 Å². The molecule has 3 aromatic carbocycles. The minimum atomic E-state index is -1.23. The van der Waals surface area contributed by atoms with Crippen LogP contribution in [0.4, 0.5) is 0 Å². The zero-order valence-electron chi connectivity index (χ0n) is 18.8. The molecule has 0 saturated heterocycles. The van der Waals surface area contributed by atoms with Gasteiger partial charge in [-0.1, -0.05) is 90.0 Å². The van der Waals surface area contributed by atoms with E-state index in [9.17, 15) is 4.79 Å². The summed E-state index contributed by atoms with van der Waals surface area (Å²) >= 11 is 6.65. The summed E-state index contributed by atoms with van der Waals surface area (Å²) in [6.07, 6.45) is 0. The van der Waals surface area contributed by atoms with Crippen LogP contribution in [0.15, 0.2) is 78.9 Å². The molecular weight excluding hydrogens is 457 g/mol. The Morgan fingerprint density at radius 1 is 0.848 bits per heavy atom. The van der Waals surface area contributed by atoms with E-state index in [-0.39, 0.29) is 23.1 Å². The second kappa shape index (κ2) is 13.4. The van der Waals surface area contributed by atoms with Gasteiger partial charge in [0.15, 0.2) is 5.60 Å². The van der Waals surface area contributed by atoms with Crippen molar-refractivity contribution in [2.75, 3.05) is 33.0 Å². The molecule has 0 aliphatic carbocycles. The molecule has 0 saturated carbocycles. The van der Waals surface area contributed by atoms with Crippen molar-refractivity contribution in [1.29, 1.82) is 0 Å². The minimum absolute atomic E-state index is 0. The quantitative estimate of drug-likeness (QED) is 0.186. The number of nitrogens with two attached hydrogens (primary N) is 1. The smallest absolute Gasteiger partial charge is 0.333 e. The molecule has 3 aromatic rings. The largest absolute Gasteiger partial charge is 0.442 e. The predicted molar refractivity (Wildman–Crippen MR) is 137 cm³/mol. The molecule has 0 bridgehead atoms. The lowest BCUT2D eigenvalue weighted by molar-refractivity contribution is -0.159. The number of rotatable bonds is 11. The van der Waals surface area contributed by atoms with E-state index in [0.29, 0.717) is 30.3 Å². The normalized spacial score (nSPS) is 12.5. The van der Waals surface area contributed by atoms with E-state index in [1.807, 2.05) is 79.7 Å². The molecule has 0 amide bonds. The monoisotopic (exact) mass is 487 g/mol. The zero-order valence-corrected chi connectivity index (χ0v) is 21.0. The first-order valence-corrected chi connectivity index (χ1v) is 10.9. The van der Waals surface area contributed by atoms with Gasteiger partial charge < -0.3 is 19.9 Å². The Morgan fingerprint density at radius 3 is 2.12 bits per heavy atom. The second-order valence-electron chi connectivity index (χ2n) is 7.32. The van der Waals surface area contributed by atoms with Crippen LogP contribution in [-0.2, 0) is 24.6 Å². The van der Waals surface area contributed by atoms with Crippen LogP contribution < -0.4 is 5.73 Å². The molecule has 0 fully saturated rings. The van der Waals surface area contributed by atoms with E-state index >= 15 is 0 Å². The Kier molecular flexibility index (Phi) is 11.0. The van der Waals surface area contributed by atoms with Gasteiger partial charge >= 0.3 is 5.97 Å². The molecule has 0 aliphatic heterocycles. The maximum atomic E-state index is 13.0. The highest BCUT2D eigenvalue weighted by molar-refractivity contribution is 6.92. The summed E-state index contributed by atoms with van der Waals surface area (Å²) in [5, 5.41) is 0.501. The summed E-state index contributed by atoms with van der Waals surface area (Å²) in [7, 11) is 0. The van der Waals surface area contributed by atoms with E-state index in [0.717, 1.165) is 16.7 Å². The molecule has 7 heteroatoms. The van der Waals surface area contributed by atoms with E-state index < -0.39 is 11.6 Å². The molecule has 3 rings (SSSR count). The molecular formula is C26H31ClNO4P. The van der Waals surface area contributed by atoms with Crippen molar-refractivity contribution >= 4 is 27.5 Å². The average Bonchev–Trinajstić information content (AvgIpc) is 2.81. The lowest BCUT2D eigenvalue weighted by Gasteiger charge is -2.36. The van der Waals surface area contributed by atoms with Crippen molar-refractivity contribution in [2.45, 2.75) is 12.5 Å². The van der Waals surface area contributed by atoms with Crippen LogP contribution in [0.1, 0.15) is 22.3 Å². The summed E-state index contributed by atoms with van der Waals surface area (Å²) in [6.45, 7) is 3.31. The van der Waals surface area contributed by atoms with Gasteiger partial charge in [-0.05, 0) is 13.0 Å². The maximum Gasteiger partial charge on any atom is 0.333 e. The molecule has 0 radical (unpaired) electrons. The van der Waals surface area contributed by atoms with E-state index in [1.54, 1.807) is 6.07 Å². The third-order valence-corrected chi connectivity index (χ3v) is 5.34. The number of hydrogen-bond acceptors (Lipinski definition) is 5. The topological polar surface area (TPSA) is 70.8 Å². The lowest BCUT2D eigenvalue weighted by Crippen LogP contribution is -2.37. The maximum absolute atomic E-state index is 13.0. The first-order chi connectivity index (χ1) is 15.6. The number of benzene rings is 3. The highest BCUT2D eigenvalue weighted by Crippen LogP contribution is 2.43. The summed E-state index contributed by atoms with van der Waals surface area (Å²) in [6, 6.07) is 24.9. The second-order valence-corrected chi connectivity index (χ2v) is 7.73. The van der Waals surface area contributed by atoms with Crippen molar-refractivity contribution in [3.05, 3.63) is 106 Å². The van der Waals surface area contributed by atoms with Crippen LogP contribution in [-0.4, -0.2) is 38.9 Å². The summed E-state index contributed by atoms with van der Waals surface area (Å²) in [5.74, 6) is -0.506. The van der Waals surface area contributed by atoms with Crippen molar-refractivity contribution < 1.29 is 19.0 Å². The molecule has 176 valence electrons. The van der Waals surface area contributed by atoms with Crippen molar-refractivity contribution in [2.24, 2.45) is 5.73 Å². The summed E-state index contributed by atoms with van der Waals surface area (Å²) in [5.41, 5.74) is 7.52. The van der Waals surface area contributed by atoms with Gasteiger partial charge in [-0.15, -0.1) is 0 Å². The van der Waals surface area contributed by atoms with Gasteiger partial charge in [0.05, 0.1) is 19.8 Å². The molecule has 5 nitrogen and oxygen atoms in total. The summed E-state index contributed by atoms with van der Waals surface area (Å²) in [4.78, 5) is 13.0. The zero-order chi connectivity index (χ0) is 22.8. The fraction of sp³-hybridized carbons (Fsp3) is 0.269. The Balaban J connectivity index is 0.00000385. The van der Waals surface area contributed by atoms with Crippen LogP contribution in [0.5, 0.6) is 0 Å². The number of hydrogen-bond donors (Lipinski definition) is 1. The predicted octanol–water partition coefficient (Wildman–Crippen LogP) is 4.53. The van der Waals surface area contributed by atoms with Gasteiger partial charge in [0.2, 0.25) is 0 Å². The fourth-order valence-corrected chi connectivity index (χ4v) is 3.79. The Hall–Kier alpha value is -2.27. The highest BCUT2D eigenvalue weighted by atomic mass is 35.5. The Bertz CT molecular complexity index is 1000. The first-order valence-electron chi connectivity index (χ1n) is 10.5. The van der Waals surface area contributed by atoms with Crippen LogP contribution in [0.2, 0.25) is 5.02 Å². The number of esters is 1. The molecule has 0 aromatic heterocycles. The SMILES string of the molecule is Cc1ccc(C(OC(=O)COCCOCCN)(c2ccccc2)c2ccccc2Cl)cc1.P. The number of ether oxygens (including phenoxy) is 3. The number of carbonyl (C=O) groups is 1. The minimum Gasteiger partial charge on any atom is -0.442 e. The molecule has 0 aliphatic rings. The number of aryl methyl sites for hydroxylation is 1. The molecule has 33 heavy (non-hydrogen) atoms. The Morgan fingerprint density at radius 2 is 1.45 bits per heavy atom. The Labute approximate surface area is 203 Å². The van der Waals surface area contributed by atoms with Crippen LogP contribution in [0, 0.1) is 6.92 Å². The van der Waals surface area contributed by atoms with E-state index in [1.165, 1.54) is 0 Å².